The molecule has 8 rings (SSSR count). The molecule has 0 fully saturated rings. The summed E-state index contributed by atoms with van der Waals surface area (Å²) >= 11 is 3.03. The number of hydrogen-bond donors (Lipinski definition) is 2. The number of methoxy groups -OCH3 is 2. The van der Waals surface area contributed by atoms with Gasteiger partial charge in [0.05, 0.1) is 25.3 Å². The van der Waals surface area contributed by atoms with Crippen LogP contribution < -0.4 is 19.7 Å². The number of carboxylic acids is 1. The van der Waals surface area contributed by atoms with Crippen LogP contribution in [0, 0.1) is 0 Å². The van der Waals surface area contributed by atoms with Gasteiger partial charge in [0, 0.05) is 70.3 Å². The highest BCUT2D eigenvalue weighted by atomic mass is 32.1. The number of carbonyl (C=O) groups is 4. The standard InChI is InChI=1S/C22H20N4O3S.C17H14N2O4.C5H8N2S/c1-3-25(22-23-11-12-30-22)19(27)14-26-18-13-16(29-2)9-10-17(18)20(24-26)21(28)15-7-5-4-6-8-15;1-23-12-7-8-13-14(9-12)19(10-15(20)21)18-16(13)17(22)11-5-3-2-4-6-11;1-2-6-5-7-3-4-8-5/h4-13H,3,14H2,1-2H3;2-9H,10H2,1H3,(H,20,21);3-4H,2H2,1H3,(H,6,7). The molecule has 2 N–H and O–H groups in total. The van der Waals surface area contributed by atoms with Crippen molar-refractivity contribution in [2.75, 3.05) is 37.5 Å². The molecule has 61 heavy (non-hydrogen) atoms. The highest BCUT2D eigenvalue weighted by Crippen LogP contribution is 2.28. The number of thiazole rings is 2. The van der Waals surface area contributed by atoms with E-state index in [2.05, 4.69) is 32.4 Å². The summed E-state index contributed by atoms with van der Waals surface area (Å²) in [7, 11) is 3.10. The number of anilines is 2. The molecule has 312 valence electrons. The van der Waals surface area contributed by atoms with Crippen molar-refractivity contribution in [3.05, 3.63) is 143 Å². The number of nitrogens with one attached hydrogen (secondary N) is 1. The Balaban J connectivity index is 0.000000177. The number of likely N-dealkylation sites (N-methyl/N-ethyl adjacent to an activating group) is 1. The number of benzene rings is 4. The normalized spacial score (nSPS) is 10.6. The average Bonchev–Trinajstić information content (AvgIpc) is 4.13. The maximum atomic E-state index is 13.1. The number of amides is 1. The number of fused-ring (bicyclic) bond motifs is 2. The molecule has 0 unspecified atom stereocenters. The fourth-order valence-electron chi connectivity index (χ4n) is 6.16. The second kappa shape index (κ2) is 20.6. The van der Waals surface area contributed by atoms with Crippen LogP contribution >= 0.6 is 22.7 Å². The first-order valence-electron chi connectivity index (χ1n) is 19.0. The van der Waals surface area contributed by atoms with Gasteiger partial charge in [-0.1, -0.05) is 60.7 Å². The van der Waals surface area contributed by atoms with Crippen molar-refractivity contribution in [3.63, 3.8) is 0 Å². The lowest BCUT2D eigenvalue weighted by molar-refractivity contribution is -0.137. The molecule has 1 amide bonds. The molecule has 8 aromatic rings. The summed E-state index contributed by atoms with van der Waals surface area (Å²) in [6.45, 7) is 5.05. The van der Waals surface area contributed by atoms with Crippen molar-refractivity contribution in [1.29, 1.82) is 0 Å². The van der Waals surface area contributed by atoms with Gasteiger partial charge in [-0.25, -0.2) is 9.97 Å². The molecule has 0 aliphatic carbocycles. The topological polar surface area (TPSA) is 184 Å². The molecule has 0 bridgehead atoms. The van der Waals surface area contributed by atoms with E-state index in [0.717, 1.165) is 11.7 Å². The summed E-state index contributed by atoms with van der Waals surface area (Å²) in [5, 5.41) is 27.6. The second-order valence-electron chi connectivity index (χ2n) is 12.9. The highest BCUT2D eigenvalue weighted by Gasteiger charge is 2.24. The van der Waals surface area contributed by atoms with Crippen molar-refractivity contribution < 1.29 is 33.8 Å². The SMILES string of the molecule is CCN(C(=O)Cn1nc(C(=O)c2ccccc2)c2ccc(OC)cc21)c1nccs1.CCNc1nccs1.COc1ccc2c(C(=O)c3ccccc3)nn(CC(=O)O)c2c1. The van der Waals surface area contributed by atoms with Gasteiger partial charge >= 0.3 is 5.97 Å². The molecule has 0 aliphatic heterocycles. The molecule has 4 aromatic heterocycles. The number of ketones is 2. The lowest BCUT2D eigenvalue weighted by atomic mass is 10.1. The Morgan fingerprint density at radius 1 is 0.689 bits per heavy atom. The molecule has 0 atom stereocenters. The van der Waals surface area contributed by atoms with E-state index in [9.17, 15) is 19.2 Å². The Labute approximate surface area is 358 Å². The zero-order chi connectivity index (χ0) is 43.3. The van der Waals surface area contributed by atoms with Gasteiger partial charge in [-0.2, -0.15) is 10.2 Å². The summed E-state index contributed by atoms with van der Waals surface area (Å²) in [6, 6.07) is 28.2. The van der Waals surface area contributed by atoms with E-state index >= 15 is 0 Å². The van der Waals surface area contributed by atoms with Crippen molar-refractivity contribution in [1.82, 2.24) is 29.5 Å². The van der Waals surface area contributed by atoms with E-state index in [1.54, 1.807) is 113 Å². The first-order chi connectivity index (χ1) is 29.6. The monoisotopic (exact) mass is 858 g/mol. The van der Waals surface area contributed by atoms with E-state index < -0.39 is 5.97 Å². The first-order valence-corrected chi connectivity index (χ1v) is 20.7. The van der Waals surface area contributed by atoms with Crippen molar-refractivity contribution in [2.24, 2.45) is 0 Å². The van der Waals surface area contributed by atoms with Crippen LogP contribution in [0.1, 0.15) is 46.0 Å². The van der Waals surface area contributed by atoms with Crippen LogP contribution in [0.3, 0.4) is 0 Å². The Morgan fingerprint density at radius 2 is 1.20 bits per heavy atom. The van der Waals surface area contributed by atoms with Gasteiger partial charge in [0.1, 0.15) is 36.0 Å². The maximum absolute atomic E-state index is 13.1. The van der Waals surface area contributed by atoms with E-state index in [-0.39, 0.29) is 36.3 Å². The smallest absolute Gasteiger partial charge is 0.325 e. The van der Waals surface area contributed by atoms with Gasteiger partial charge in [0.2, 0.25) is 11.6 Å². The second-order valence-corrected chi connectivity index (χ2v) is 14.7. The Kier molecular flexibility index (Phi) is 14.7. The van der Waals surface area contributed by atoms with Crippen LogP contribution in [0.4, 0.5) is 10.3 Å². The fourth-order valence-corrected chi connectivity index (χ4v) is 7.48. The molecule has 0 aliphatic rings. The summed E-state index contributed by atoms with van der Waals surface area (Å²) in [5.41, 5.74) is 2.80. The van der Waals surface area contributed by atoms with Crippen LogP contribution in [0.15, 0.2) is 120 Å². The van der Waals surface area contributed by atoms with E-state index in [1.165, 1.54) is 23.1 Å². The number of rotatable bonds is 14. The van der Waals surface area contributed by atoms with Crippen LogP contribution in [0.2, 0.25) is 0 Å². The molecule has 4 aromatic carbocycles. The summed E-state index contributed by atoms with van der Waals surface area (Å²) < 4.78 is 13.4. The Morgan fingerprint density at radius 3 is 1.62 bits per heavy atom. The van der Waals surface area contributed by atoms with Gasteiger partial charge < -0.3 is 19.9 Å². The van der Waals surface area contributed by atoms with Gasteiger partial charge in [0.25, 0.3) is 5.91 Å². The Hall–Kier alpha value is -7.24. The highest BCUT2D eigenvalue weighted by molar-refractivity contribution is 7.14. The number of ether oxygens (including phenoxy) is 2. The lowest BCUT2D eigenvalue weighted by Gasteiger charge is -2.17. The maximum Gasteiger partial charge on any atom is 0.325 e. The van der Waals surface area contributed by atoms with Crippen molar-refractivity contribution in [3.8, 4) is 11.5 Å². The average molecular weight is 859 g/mol. The van der Waals surface area contributed by atoms with Gasteiger partial charge in [0.15, 0.2) is 10.3 Å². The number of aliphatic carboxylic acids is 1. The van der Waals surface area contributed by atoms with Gasteiger partial charge in [-0.05, 0) is 38.1 Å². The van der Waals surface area contributed by atoms with Gasteiger partial charge in [-0.3, -0.25) is 33.4 Å². The van der Waals surface area contributed by atoms with Crippen LogP contribution in [0.5, 0.6) is 11.5 Å². The molecule has 0 radical (unpaired) electrons. The van der Waals surface area contributed by atoms with Crippen LogP contribution in [0.25, 0.3) is 21.8 Å². The minimum Gasteiger partial charge on any atom is -0.497 e. The molecular formula is C44H42N8O7S2. The third kappa shape index (κ3) is 10.5. The largest absolute Gasteiger partial charge is 0.497 e. The quantitative estimate of drug-likeness (QED) is 0.102. The van der Waals surface area contributed by atoms with E-state index in [4.69, 9.17) is 14.6 Å². The van der Waals surface area contributed by atoms with Gasteiger partial charge in [-0.15, -0.1) is 22.7 Å². The molecule has 15 nitrogen and oxygen atoms in total. The zero-order valence-electron chi connectivity index (χ0n) is 33.7. The summed E-state index contributed by atoms with van der Waals surface area (Å²) in [4.78, 5) is 59.6. The van der Waals surface area contributed by atoms with E-state index in [0.29, 0.717) is 61.8 Å². The van der Waals surface area contributed by atoms with E-state index in [1.807, 2.05) is 41.9 Å². The van der Waals surface area contributed by atoms with Crippen LogP contribution in [-0.4, -0.2) is 85.4 Å². The molecule has 0 saturated heterocycles. The van der Waals surface area contributed by atoms with Crippen molar-refractivity contribution in [2.45, 2.75) is 26.9 Å². The summed E-state index contributed by atoms with van der Waals surface area (Å²) in [5.74, 6) is -0.423. The minimum atomic E-state index is -1.03. The number of nitrogens with zero attached hydrogens (tertiary/aromatic N) is 7. The zero-order valence-corrected chi connectivity index (χ0v) is 35.4. The first kappa shape index (κ1) is 43.3. The lowest BCUT2D eigenvalue weighted by Crippen LogP contribution is -2.33. The fraction of sp³-hybridized carbons (Fsp3) is 0.182. The Bertz CT molecular complexity index is 2720. The predicted molar refractivity (Wildman–Crippen MR) is 236 cm³/mol. The molecule has 17 heteroatoms. The summed E-state index contributed by atoms with van der Waals surface area (Å²) in [6.07, 6.45) is 3.46. The third-order valence-corrected chi connectivity index (χ3v) is 10.5. The van der Waals surface area contributed by atoms with Crippen LogP contribution in [-0.2, 0) is 22.7 Å². The number of aromatic nitrogens is 6. The van der Waals surface area contributed by atoms with Crippen molar-refractivity contribution >= 4 is 78.2 Å². The number of carboxylic acid groups (broad SMARTS) is 1. The molecule has 0 spiro atoms. The molecule has 0 saturated carbocycles. The number of carbonyl (C=O) groups excluding carboxylic acids is 3. The predicted octanol–water partition coefficient (Wildman–Crippen LogP) is 7.72. The number of hydrogen-bond acceptors (Lipinski definition) is 13. The third-order valence-electron chi connectivity index (χ3n) is 9.02. The molecule has 4 heterocycles. The molecular weight excluding hydrogens is 817 g/mol. The minimum absolute atomic E-state index is 0.0147.